The first-order valence-electron chi connectivity index (χ1n) is 5.88. The van der Waals surface area contributed by atoms with E-state index in [0.717, 1.165) is 6.42 Å². The van der Waals surface area contributed by atoms with Crippen molar-refractivity contribution >= 4 is 43.2 Å². The molecule has 2 rings (SSSR count). The van der Waals surface area contributed by atoms with Crippen LogP contribution in [0.5, 0.6) is 0 Å². The molecule has 1 aromatic rings. The molecule has 0 bridgehead atoms. The number of rotatable bonds is 2. The van der Waals surface area contributed by atoms with Gasteiger partial charge in [0.05, 0.1) is 9.37 Å². The Morgan fingerprint density at radius 3 is 2.58 bits per heavy atom. The molecule has 0 aromatic heterocycles. The van der Waals surface area contributed by atoms with Crippen molar-refractivity contribution in [2.45, 2.75) is 25.2 Å². The van der Waals surface area contributed by atoms with Crippen molar-refractivity contribution in [3.8, 4) is 0 Å². The molecule has 7 heteroatoms. The second kappa shape index (κ2) is 4.91. The molecule has 0 radical (unpaired) electrons. The van der Waals surface area contributed by atoms with Crippen LogP contribution in [0.1, 0.15) is 20.3 Å². The highest BCUT2D eigenvalue weighted by Crippen LogP contribution is 2.37. The SMILES string of the molecule is CC1(C)CCN(S(=O)(=O)c2cc(Cl)cc(N)c2Br)C1. The van der Waals surface area contributed by atoms with E-state index in [9.17, 15) is 8.42 Å². The van der Waals surface area contributed by atoms with Gasteiger partial charge >= 0.3 is 0 Å². The van der Waals surface area contributed by atoms with Crippen LogP contribution in [-0.2, 0) is 10.0 Å². The highest BCUT2D eigenvalue weighted by molar-refractivity contribution is 9.10. The number of anilines is 1. The lowest BCUT2D eigenvalue weighted by atomic mass is 9.93. The fourth-order valence-electron chi connectivity index (χ4n) is 2.18. The van der Waals surface area contributed by atoms with Crippen molar-refractivity contribution in [1.82, 2.24) is 4.31 Å². The fraction of sp³-hybridized carbons (Fsp3) is 0.500. The molecule has 1 fully saturated rings. The van der Waals surface area contributed by atoms with E-state index in [0.29, 0.717) is 28.3 Å². The first-order chi connectivity index (χ1) is 8.63. The van der Waals surface area contributed by atoms with Gasteiger partial charge in [-0.15, -0.1) is 0 Å². The van der Waals surface area contributed by atoms with Gasteiger partial charge in [-0.1, -0.05) is 25.4 Å². The van der Waals surface area contributed by atoms with Crippen LogP contribution in [0.4, 0.5) is 5.69 Å². The standard InChI is InChI=1S/C12H16BrClN2O2S/c1-12(2)3-4-16(7-12)19(17,18)10-6-8(14)5-9(15)11(10)13/h5-6H,3-4,7,15H2,1-2H3. The van der Waals surface area contributed by atoms with Gasteiger partial charge in [-0.2, -0.15) is 4.31 Å². The van der Waals surface area contributed by atoms with Crippen LogP contribution in [0.2, 0.25) is 5.02 Å². The second-order valence-corrected chi connectivity index (χ2v) is 8.70. The number of nitrogen functional groups attached to an aromatic ring is 1. The Labute approximate surface area is 127 Å². The van der Waals surface area contributed by atoms with Crippen LogP contribution in [0, 0.1) is 5.41 Å². The zero-order valence-corrected chi connectivity index (χ0v) is 13.9. The molecule has 1 heterocycles. The maximum atomic E-state index is 12.6. The summed E-state index contributed by atoms with van der Waals surface area (Å²) in [7, 11) is -3.56. The molecule has 106 valence electrons. The second-order valence-electron chi connectivity index (χ2n) is 5.56. The van der Waals surface area contributed by atoms with Crippen LogP contribution in [0.15, 0.2) is 21.5 Å². The predicted molar refractivity (Wildman–Crippen MR) is 80.7 cm³/mol. The third kappa shape index (κ3) is 2.91. The van der Waals surface area contributed by atoms with Crippen LogP contribution in [0.25, 0.3) is 0 Å². The van der Waals surface area contributed by atoms with E-state index in [1.54, 1.807) is 0 Å². The maximum Gasteiger partial charge on any atom is 0.244 e. The van der Waals surface area contributed by atoms with E-state index >= 15 is 0 Å². The molecule has 4 nitrogen and oxygen atoms in total. The molecule has 2 N–H and O–H groups in total. The first-order valence-corrected chi connectivity index (χ1v) is 8.49. The van der Waals surface area contributed by atoms with Gasteiger partial charge in [0.25, 0.3) is 0 Å². The summed E-state index contributed by atoms with van der Waals surface area (Å²) < 4.78 is 27.1. The average molecular weight is 368 g/mol. The Bertz CT molecular complexity index is 616. The molecule has 1 saturated heterocycles. The third-order valence-electron chi connectivity index (χ3n) is 3.29. The van der Waals surface area contributed by atoms with Crippen LogP contribution in [0.3, 0.4) is 0 Å². The van der Waals surface area contributed by atoms with Crippen molar-refractivity contribution in [3.05, 3.63) is 21.6 Å². The Kier molecular flexibility index (Phi) is 3.90. The van der Waals surface area contributed by atoms with Gasteiger partial charge in [0, 0.05) is 23.8 Å². The monoisotopic (exact) mass is 366 g/mol. The van der Waals surface area contributed by atoms with Crippen LogP contribution < -0.4 is 5.73 Å². The fourth-order valence-corrected chi connectivity index (χ4v) is 5.06. The van der Waals surface area contributed by atoms with Gasteiger partial charge in [-0.25, -0.2) is 8.42 Å². The molecule has 0 saturated carbocycles. The summed E-state index contributed by atoms with van der Waals surface area (Å²) >= 11 is 9.14. The highest BCUT2D eigenvalue weighted by Gasteiger charge is 2.37. The Morgan fingerprint density at radius 2 is 2.05 bits per heavy atom. The quantitative estimate of drug-likeness (QED) is 0.817. The van der Waals surface area contributed by atoms with Gasteiger partial charge in [0.15, 0.2) is 0 Å². The summed E-state index contributed by atoms with van der Waals surface area (Å²) in [5.41, 5.74) is 6.08. The molecule has 0 aliphatic carbocycles. The molecule has 1 aliphatic rings. The van der Waals surface area contributed by atoms with Crippen molar-refractivity contribution in [2.75, 3.05) is 18.8 Å². The maximum absolute atomic E-state index is 12.6. The number of benzene rings is 1. The largest absolute Gasteiger partial charge is 0.398 e. The number of nitrogens with zero attached hydrogens (tertiary/aromatic N) is 1. The normalized spacial score (nSPS) is 19.8. The smallest absolute Gasteiger partial charge is 0.244 e. The lowest BCUT2D eigenvalue weighted by Crippen LogP contribution is -2.30. The topological polar surface area (TPSA) is 63.4 Å². The van der Waals surface area contributed by atoms with Gasteiger partial charge in [0.2, 0.25) is 10.0 Å². The summed E-state index contributed by atoms with van der Waals surface area (Å²) in [4.78, 5) is 0.134. The summed E-state index contributed by atoms with van der Waals surface area (Å²) in [5, 5.41) is 0.317. The molecule has 0 unspecified atom stereocenters. The Balaban J connectivity index is 2.47. The minimum atomic E-state index is -3.56. The highest BCUT2D eigenvalue weighted by atomic mass is 79.9. The van der Waals surface area contributed by atoms with E-state index in [4.69, 9.17) is 17.3 Å². The van der Waals surface area contributed by atoms with E-state index in [-0.39, 0.29) is 10.3 Å². The van der Waals surface area contributed by atoms with Gasteiger partial charge in [-0.05, 0) is 39.9 Å². The van der Waals surface area contributed by atoms with E-state index in [2.05, 4.69) is 29.8 Å². The molecule has 1 aliphatic heterocycles. The molecular weight excluding hydrogens is 352 g/mol. The average Bonchev–Trinajstić information content (AvgIpc) is 2.64. The van der Waals surface area contributed by atoms with E-state index < -0.39 is 10.0 Å². The third-order valence-corrected chi connectivity index (χ3v) is 6.53. The molecular formula is C12H16BrClN2O2S. The van der Waals surface area contributed by atoms with Crippen molar-refractivity contribution in [1.29, 1.82) is 0 Å². The van der Waals surface area contributed by atoms with Crippen LogP contribution >= 0.6 is 27.5 Å². The van der Waals surface area contributed by atoms with E-state index in [1.807, 2.05) is 0 Å². The minimum Gasteiger partial charge on any atom is -0.398 e. The zero-order chi connectivity index (χ0) is 14.4. The number of nitrogens with two attached hydrogens (primary N) is 1. The number of hydrogen-bond donors (Lipinski definition) is 1. The number of hydrogen-bond acceptors (Lipinski definition) is 3. The molecule has 1 aromatic carbocycles. The molecule has 0 amide bonds. The molecule has 0 spiro atoms. The first kappa shape index (κ1) is 15.1. The van der Waals surface area contributed by atoms with Gasteiger partial charge in [0.1, 0.15) is 0 Å². The predicted octanol–water partition coefficient (Wildman–Crippen LogP) is 3.11. The number of sulfonamides is 1. The summed E-state index contributed by atoms with van der Waals surface area (Å²) in [5.74, 6) is 0. The van der Waals surface area contributed by atoms with Crippen LogP contribution in [-0.4, -0.2) is 25.8 Å². The van der Waals surface area contributed by atoms with Gasteiger partial charge in [-0.3, -0.25) is 0 Å². The van der Waals surface area contributed by atoms with Crippen molar-refractivity contribution < 1.29 is 8.42 Å². The summed E-state index contributed by atoms with van der Waals surface area (Å²) in [6, 6.07) is 2.96. The molecule has 19 heavy (non-hydrogen) atoms. The lowest BCUT2D eigenvalue weighted by molar-refractivity contribution is 0.375. The summed E-state index contributed by atoms with van der Waals surface area (Å²) in [6.07, 6.45) is 0.847. The lowest BCUT2D eigenvalue weighted by Gasteiger charge is -2.20. The zero-order valence-electron chi connectivity index (χ0n) is 10.8. The number of halogens is 2. The van der Waals surface area contributed by atoms with Crippen molar-refractivity contribution in [3.63, 3.8) is 0 Å². The molecule has 0 atom stereocenters. The summed E-state index contributed by atoms with van der Waals surface area (Å²) in [6.45, 7) is 5.15. The Morgan fingerprint density at radius 1 is 1.42 bits per heavy atom. The van der Waals surface area contributed by atoms with E-state index in [1.165, 1.54) is 16.4 Å². The van der Waals surface area contributed by atoms with Gasteiger partial charge < -0.3 is 5.73 Å². The Hall–Kier alpha value is -0.300. The minimum absolute atomic E-state index is 0.00364. The van der Waals surface area contributed by atoms with Crippen molar-refractivity contribution in [2.24, 2.45) is 5.41 Å².